The van der Waals surface area contributed by atoms with E-state index in [4.69, 9.17) is 0 Å². The monoisotopic (exact) mass is 306 g/mol. The van der Waals surface area contributed by atoms with Gasteiger partial charge in [-0.25, -0.2) is 0 Å². The molecule has 1 saturated carbocycles. The molecule has 0 amide bonds. The second-order valence-electron chi connectivity index (χ2n) is 5.28. The first-order valence-corrected chi connectivity index (χ1v) is 7.76. The third kappa shape index (κ3) is 3.28. The zero-order valence-corrected chi connectivity index (χ0v) is 12.2. The standard InChI is InChI=1S/C15H15FN2O2S/c16-15-12(2-1-3-14(15)18(19)20)9-17(13-4-5-13)8-11-6-7-21-10-11/h1-3,6-7,10,13H,4-5,8-9H2. The summed E-state index contributed by atoms with van der Waals surface area (Å²) in [5.41, 5.74) is 1.16. The lowest BCUT2D eigenvalue weighted by atomic mass is 10.1. The molecule has 4 nitrogen and oxygen atoms in total. The summed E-state index contributed by atoms with van der Waals surface area (Å²) in [6, 6.07) is 6.91. The minimum absolute atomic E-state index is 0.395. The molecule has 6 heteroatoms. The number of halogens is 1. The number of rotatable bonds is 6. The van der Waals surface area contributed by atoms with E-state index in [1.54, 1.807) is 23.5 Å². The molecule has 0 atom stereocenters. The molecule has 3 rings (SSSR count). The molecule has 0 N–H and O–H groups in total. The maximum atomic E-state index is 14.2. The number of benzene rings is 1. The lowest BCUT2D eigenvalue weighted by molar-refractivity contribution is -0.387. The van der Waals surface area contributed by atoms with Crippen molar-refractivity contribution < 1.29 is 9.31 Å². The normalized spacial score (nSPS) is 14.6. The lowest BCUT2D eigenvalue weighted by Crippen LogP contribution is -2.25. The van der Waals surface area contributed by atoms with Gasteiger partial charge in [-0.05, 0) is 35.2 Å². The smallest absolute Gasteiger partial charge is 0.292 e. The van der Waals surface area contributed by atoms with Gasteiger partial charge in [0.25, 0.3) is 0 Å². The van der Waals surface area contributed by atoms with E-state index >= 15 is 0 Å². The van der Waals surface area contributed by atoms with Crippen LogP contribution in [-0.4, -0.2) is 15.9 Å². The van der Waals surface area contributed by atoms with E-state index in [1.807, 2.05) is 5.38 Å². The van der Waals surface area contributed by atoms with Gasteiger partial charge in [0.1, 0.15) is 0 Å². The second-order valence-corrected chi connectivity index (χ2v) is 6.06. The maximum Gasteiger partial charge on any atom is 0.305 e. The van der Waals surface area contributed by atoms with Crippen LogP contribution in [0.3, 0.4) is 0 Å². The minimum Gasteiger partial charge on any atom is -0.292 e. The Labute approximate surface area is 126 Å². The van der Waals surface area contributed by atoms with Crippen molar-refractivity contribution in [1.82, 2.24) is 4.90 Å². The molecule has 1 aromatic heterocycles. The van der Waals surface area contributed by atoms with Crippen molar-refractivity contribution in [3.8, 4) is 0 Å². The topological polar surface area (TPSA) is 46.4 Å². The van der Waals surface area contributed by atoms with Crippen LogP contribution in [0.1, 0.15) is 24.0 Å². The lowest BCUT2D eigenvalue weighted by Gasteiger charge is -2.21. The summed E-state index contributed by atoms with van der Waals surface area (Å²) >= 11 is 1.64. The highest BCUT2D eigenvalue weighted by Crippen LogP contribution is 2.31. The third-order valence-corrected chi connectivity index (χ3v) is 4.39. The second kappa shape index (κ2) is 5.91. The van der Waals surface area contributed by atoms with E-state index in [9.17, 15) is 14.5 Å². The van der Waals surface area contributed by atoms with Gasteiger partial charge in [0, 0.05) is 30.8 Å². The molecule has 1 heterocycles. The summed E-state index contributed by atoms with van der Waals surface area (Å²) in [6.07, 6.45) is 2.22. The fraction of sp³-hybridized carbons (Fsp3) is 0.333. The fourth-order valence-electron chi connectivity index (χ4n) is 2.42. The van der Waals surface area contributed by atoms with Gasteiger partial charge in [-0.2, -0.15) is 15.7 Å². The van der Waals surface area contributed by atoms with Gasteiger partial charge >= 0.3 is 5.69 Å². The molecule has 0 bridgehead atoms. The van der Waals surface area contributed by atoms with Crippen LogP contribution in [0.25, 0.3) is 0 Å². The van der Waals surface area contributed by atoms with E-state index in [0.29, 0.717) is 18.2 Å². The van der Waals surface area contributed by atoms with E-state index in [-0.39, 0.29) is 0 Å². The van der Waals surface area contributed by atoms with Gasteiger partial charge < -0.3 is 0 Å². The largest absolute Gasteiger partial charge is 0.305 e. The molecule has 110 valence electrons. The molecular formula is C15H15FN2O2S. The van der Waals surface area contributed by atoms with Crippen LogP contribution in [0.5, 0.6) is 0 Å². The van der Waals surface area contributed by atoms with Crippen LogP contribution >= 0.6 is 11.3 Å². The Balaban J connectivity index is 1.80. The molecule has 2 aromatic rings. The van der Waals surface area contributed by atoms with Crippen LogP contribution < -0.4 is 0 Å². The van der Waals surface area contributed by atoms with Crippen molar-refractivity contribution in [2.24, 2.45) is 0 Å². The molecule has 0 aliphatic heterocycles. The molecule has 1 aromatic carbocycles. The average Bonchev–Trinajstić information content (AvgIpc) is 3.18. The van der Waals surface area contributed by atoms with E-state index in [2.05, 4.69) is 16.3 Å². The van der Waals surface area contributed by atoms with Crippen molar-refractivity contribution in [3.05, 3.63) is 62.1 Å². The zero-order valence-electron chi connectivity index (χ0n) is 11.4. The first-order chi connectivity index (χ1) is 10.1. The molecule has 0 unspecified atom stereocenters. The Morgan fingerprint density at radius 1 is 1.33 bits per heavy atom. The highest BCUT2D eigenvalue weighted by molar-refractivity contribution is 7.07. The van der Waals surface area contributed by atoms with Gasteiger partial charge in [-0.3, -0.25) is 15.0 Å². The molecule has 0 radical (unpaired) electrons. The van der Waals surface area contributed by atoms with Crippen molar-refractivity contribution in [1.29, 1.82) is 0 Å². The van der Waals surface area contributed by atoms with Gasteiger partial charge in [-0.15, -0.1) is 0 Å². The zero-order chi connectivity index (χ0) is 14.8. The Bertz CT molecular complexity index is 641. The number of thiophene rings is 1. The number of nitrogens with zero attached hydrogens (tertiary/aromatic N) is 2. The number of nitro groups is 1. The fourth-order valence-corrected chi connectivity index (χ4v) is 3.08. The molecule has 1 fully saturated rings. The van der Waals surface area contributed by atoms with Gasteiger partial charge in [-0.1, -0.05) is 12.1 Å². The van der Waals surface area contributed by atoms with Crippen LogP contribution in [0.2, 0.25) is 0 Å². The maximum absolute atomic E-state index is 14.2. The summed E-state index contributed by atoms with van der Waals surface area (Å²) < 4.78 is 14.2. The van der Waals surface area contributed by atoms with Crippen LogP contribution in [0.4, 0.5) is 10.1 Å². The summed E-state index contributed by atoms with van der Waals surface area (Å²) in [4.78, 5) is 12.3. The first kappa shape index (κ1) is 14.2. The summed E-state index contributed by atoms with van der Waals surface area (Å²) in [5.74, 6) is -0.710. The van der Waals surface area contributed by atoms with Crippen molar-refractivity contribution in [2.75, 3.05) is 0 Å². The predicted octanol–water partition coefficient (Wildman–Crippen LogP) is 3.96. The Hall–Kier alpha value is -1.79. The number of nitro benzene ring substituents is 1. The van der Waals surface area contributed by atoms with Crippen LogP contribution in [-0.2, 0) is 13.1 Å². The van der Waals surface area contributed by atoms with E-state index in [0.717, 1.165) is 19.4 Å². The molecule has 21 heavy (non-hydrogen) atoms. The quantitative estimate of drug-likeness (QED) is 0.599. The highest BCUT2D eigenvalue weighted by Gasteiger charge is 2.30. The molecule has 0 spiro atoms. The minimum atomic E-state index is -0.710. The Morgan fingerprint density at radius 2 is 2.14 bits per heavy atom. The van der Waals surface area contributed by atoms with Crippen molar-refractivity contribution >= 4 is 17.0 Å². The molecule has 1 aliphatic carbocycles. The average molecular weight is 306 g/mol. The Kier molecular flexibility index (Phi) is 3.98. The summed E-state index contributed by atoms with van der Waals surface area (Å²) in [6.45, 7) is 1.17. The van der Waals surface area contributed by atoms with Crippen LogP contribution in [0, 0.1) is 15.9 Å². The number of hydrogen-bond acceptors (Lipinski definition) is 4. The summed E-state index contributed by atoms with van der Waals surface area (Å²) in [7, 11) is 0. The van der Waals surface area contributed by atoms with E-state index < -0.39 is 16.4 Å². The molecule has 1 aliphatic rings. The van der Waals surface area contributed by atoms with Crippen molar-refractivity contribution in [2.45, 2.75) is 32.0 Å². The van der Waals surface area contributed by atoms with Crippen molar-refractivity contribution in [3.63, 3.8) is 0 Å². The van der Waals surface area contributed by atoms with Gasteiger partial charge in [0.2, 0.25) is 5.82 Å². The first-order valence-electron chi connectivity index (χ1n) is 6.82. The third-order valence-electron chi connectivity index (χ3n) is 3.66. The summed E-state index contributed by atoms with van der Waals surface area (Å²) in [5, 5.41) is 14.9. The molecular weight excluding hydrogens is 291 g/mol. The predicted molar refractivity (Wildman–Crippen MR) is 79.6 cm³/mol. The molecule has 0 saturated heterocycles. The highest BCUT2D eigenvalue weighted by atomic mass is 32.1. The number of hydrogen-bond donors (Lipinski definition) is 0. The van der Waals surface area contributed by atoms with E-state index in [1.165, 1.54) is 11.6 Å². The van der Waals surface area contributed by atoms with Gasteiger partial charge in [0.05, 0.1) is 4.92 Å². The van der Waals surface area contributed by atoms with Gasteiger partial charge in [0.15, 0.2) is 0 Å². The SMILES string of the molecule is O=[N+]([O-])c1cccc(CN(Cc2ccsc2)C2CC2)c1F. The Morgan fingerprint density at radius 3 is 2.76 bits per heavy atom. The van der Waals surface area contributed by atoms with Crippen LogP contribution in [0.15, 0.2) is 35.0 Å².